The third-order valence-corrected chi connectivity index (χ3v) is 3.26. The Labute approximate surface area is 134 Å². The molecule has 0 saturated carbocycles. The summed E-state index contributed by atoms with van der Waals surface area (Å²) in [4.78, 5) is 35.0. The van der Waals surface area contributed by atoms with Crippen molar-refractivity contribution in [3.05, 3.63) is 35.6 Å². The van der Waals surface area contributed by atoms with Gasteiger partial charge in [-0.15, -0.1) is 0 Å². The van der Waals surface area contributed by atoms with Gasteiger partial charge in [-0.3, -0.25) is 14.4 Å². The molecule has 0 radical (unpaired) electrons. The molecule has 1 rings (SSSR count). The van der Waals surface area contributed by atoms with Crippen molar-refractivity contribution in [2.24, 2.45) is 11.7 Å². The van der Waals surface area contributed by atoms with E-state index in [9.17, 15) is 18.8 Å². The lowest BCUT2D eigenvalue weighted by atomic mass is 9.97. The largest absolute Gasteiger partial charge is 0.466 e. The number of benzene rings is 1. The van der Waals surface area contributed by atoms with Gasteiger partial charge in [0.15, 0.2) is 0 Å². The molecule has 23 heavy (non-hydrogen) atoms. The molecule has 0 heterocycles. The van der Waals surface area contributed by atoms with E-state index in [-0.39, 0.29) is 19.4 Å². The second kappa shape index (κ2) is 8.87. The molecule has 6 nitrogen and oxygen atoms in total. The Balaban J connectivity index is 2.64. The third-order valence-electron chi connectivity index (χ3n) is 3.26. The van der Waals surface area contributed by atoms with E-state index in [0.29, 0.717) is 5.56 Å². The number of halogens is 1. The summed E-state index contributed by atoms with van der Waals surface area (Å²) < 4.78 is 17.6. The molecule has 1 aromatic carbocycles. The van der Waals surface area contributed by atoms with Crippen LogP contribution in [0.15, 0.2) is 24.3 Å². The van der Waals surface area contributed by atoms with Gasteiger partial charge in [-0.1, -0.05) is 19.1 Å². The molecule has 0 aliphatic heterocycles. The average Bonchev–Trinajstić information content (AvgIpc) is 2.47. The van der Waals surface area contributed by atoms with Crippen molar-refractivity contribution in [3.63, 3.8) is 0 Å². The molecular weight excluding hydrogens is 303 g/mol. The van der Waals surface area contributed by atoms with E-state index in [2.05, 4.69) is 5.32 Å². The number of primary amides is 1. The maximum absolute atomic E-state index is 12.8. The Morgan fingerprint density at radius 3 is 2.39 bits per heavy atom. The first-order valence-corrected chi connectivity index (χ1v) is 7.32. The number of nitrogens with one attached hydrogen (secondary N) is 1. The van der Waals surface area contributed by atoms with Gasteiger partial charge in [0.2, 0.25) is 11.8 Å². The minimum atomic E-state index is -0.979. The fourth-order valence-electron chi connectivity index (χ4n) is 2.11. The normalized spacial score (nSPS) is 13.0. The first kappa shape index (κ1) is 18.6. The number of carbonyl (C=O) groups excluding carboxylic acids is 3. The lowest BCUT2D eigenvalue weighted by molar-refractivity contribution is -0.144. The smallest absolute Gasteiger partial charge is 0.306 e. The number of amides is 2. The van der Waals surface area contributed by atoms with E-state index in [1.165, 1.54) is 24.3 Å². The number of nitrogens with two attached hydrogens (primary N) is 1. The van der Waals surface area contributed by atoms with Crippen molar-refractivity contribution >= 4 is 17.8 Å². The summed E-state index contributed by atoms with van der Waals surface area (Å²) in [5.74, 6) is -2.51. The molecule has 0 bridgehead atoms. The number of esters is 1. The summed E-state index contributed by atoms with van der Waals surface area (Å²) in [6.07, 6.45) is -0.0472. The molecule has 2 atom stereocenters. The van der Waals surface area contributed by atoms with Crippen molar-refractivity contribution < 1.29 is 23.5 Å². The Morgan fingerprint density at radius 1 is 1.26 bits per heavy atom. The van der Waals surface area contributed by atoms with Gasteiger partial charge < -0.3 is 15.8 Å². The van der Waals surface area contributed by atoms with Crippen molar-refractivity contribution in [3.8, 4) is 0 Å². The van der Waals surface area contributed by atoms with Crippen molar-refractivity contribution in [2.45, 2.75) is 32.7 Å². The lowest BCUT2D eigenvalue weighted by Crippen LogP contribution is -2.49. The summed E-state index contributed by atoms with van der Waals surface area (Å²) in [6, 6.07) is 4.48. The van der Waals surface area contributed by atoms with Gasteiger partial charge in [-0.25, -0.2) is 4.39 Å². The standard InChI is InChI=1S/C16H21FN2O4/c1-3-23-14(21)8-10(2)15(16(18)22)19-13(20)9-11-4-6-12(17)7-5-11/h4-7,10,15H,3,8-9H2,1-2H3,(H2,18,22)(H,19,20)/t10-,15-/m0/s1. The van der Waals surface area contributed by atoms with Crippen LogP contribution in [0.2, 0.25) is 0 Å². The summed E-state index contributed by atoms with van der Waals surface area (Å²) >= 11 is 0. The number of rotatable bonds is 8. The summed E-state index contributed by atoms with van der Waals surface area (Å²) in [6.45, 7) is 3.55. The molecule has 1 aromatic rings. The number of hydrogen-bond acceptors (Lipinski definition) is 4. The Hall–Kier alpha value is -2.44. The van der Waals surface area contributed by atoms with E-state index in [1.807, 2.05) is 0 Å². The van der Waals surface area contributed by atoms with E-state index in [0.717, 1.165) is 0 Å². The van der Waals surface area contributed by atoms with Gasteiger partial charge >= 0.3 is 5.97 Å². The fraction of sp³-hybridized carbons (Fsp3) is 0.438. The van der Waals surface area contributed by atoms with Crippen molar-refractivity contribution in [1.82, 2.24) is 5.32 Å². The molecule has 0 spiro atoms. The van der Waals surface area contributed by atoms with Gasteiger partial charge in [-0.05, 0) is 30.5 Å². The highest BCUT2D eigenvalue weighted by Gasteiger charge is 2.27. The molecular formula is C16H21FN2O4. The van der Waals surface area contributed by atoms with Gasteiger partial charge in [0, 0.05) is 0 Å². The second-order valence-corrected chi connectivity index (χ2v) is 5.24. The molecule has 126 valence electrons. The predicted octanol–water partition coefficient (Wildman–Crippen LogP) is 0.928. The zero-order chi connectivity index (χ0) is 17.4. The quantitative estimate of drug-likeness (QED) is 0.695. The van der Waals surface area contributed by atoms with E-state index in [4.69, 9.17) is 10.5 Å². The number of carbonyl (C=O) groups is 3. The SMILES string of the molecule is CCOC(=O)C[C@H](C)[C@H](NC(=O)Cc1ccc(F)cc1)C(N)=O. The van der Waals surface area contributed by atoms with Crippen LogP contribution in [0.3, 0.4) is 0 Å². The van der Waals surface area contributed by atoms with Crippen LogP contribution in [0.1, 0.15) is 25.8 Å². The van der Waals surface area contributed by atoms with Gasteiger partial charge in [0.25, 0.3) is 0 Å². The van der Waals surface area contributed by atoms with E-state index < -0.39 is 35.6 Å². The van der Waals surface area contributed by atoms with Crippen LogP contribution in [0.25, 0.3) is 0 Å². The number of hydrogen-bond donors (Lipinski definition) is 2. The molecule has 0 fully saturated rings. The first-order chi connectivity index (χ1) is 10.8. The first-order valence-electron chi connectivity index (χ1n) is 7.32. The summed E-state index contributed by atoms with van der Waals surface area (Å²) in [7, 11) is 0. The summed E-state index contributed by atoms with van der Waals surface area (Å²) in [5.41, 5.74) is 5.90. The molecule has 2 amide bonds. The maximum Gasteiger partial charge on any atom is 0.306 e. The minimum absolute atomic E-state index is 0.0177. The average molecular weight is 324 g/mol. The monoisotopic (exact) mass is 324 g/mol. The van der Waals surface area contributed by atoms with E-state index in [1.54, 1.807) is 13.8 Å². The summed E-state index contributed by atoms with van der Waals surface area (Å²) in [5, 5.41) is 2.51. The van der Waals surface area contributed by atoms with Crippen LogP contribution < -0.4 is 11.1 Å². The Bertz CT molecular complexity index is 560. The molecule has 0 aliphatic rings. The highest BCUT2D eigenvalue weighted by molar-refractivity contribution is 5.88. The van der Waals surface area contributed by atoms with Gasteiger partial charge in [0.05, 0.1) is 19.4 Å². The molecule has 0 saturated heterocycles. The predicted molar refractivity (Wildman–Crippen MR) is 81.6 cm³/mol. The second-order valence-electron chi connectivity index (χ2n) is 5.24. The molecule has 0 aliphatic carbocycles. The molecule has 0 unspecified atom stereocenters. The molecule has 7 heteroatoms. The van der Waals surface area contributed by atoms with Crippen LogP contribution in [0.5, 0.6) is 0 Å². The van der Waals surface area contributed by atoms with Gasteiger partial charge in [0.1, 0.15) is 11.9 Å². The topological polar surface area (TPSA) is 98.5 Å². The molecule has 3 N–H and O–H groups in total. The van der Waals surface area contributed by atoms with Crippen LogP contribution >= 0.6 is 0 Å². The van der Waals surface area contributed by atoms with Crippen molar-refractivity contribution in [1.29, 1.82) is 0 Å². The minimum Gasteiger partial charge on any atom is -0.466 e. The van der Waals surface area contributed by atoms with Crippen LogP contribution in [-0.2, 0) is 25.5 Å². The van der Waals surface area contributed by atoms with Crippen LogP contribution in [-0.4, -0.2) is 30.4 Å². The van der Waals surface area contributed by atoms with Crippen LogP contribution in [0.4, 0.5) is 4.39 Å². The highest BCUT2D eigenvalue weighted by Crippen LogP contribution is 2.10. The molecule has 0 aromatic heterocycles. The van der Waals surface area contributed by atoms with E-state index >= 15 is 0 Å². The Morgan fingerprint density at radius 2 is 1.87 bits per heavy atom. The fourth-order valence-corrected chi connectivity index (χ4v) is 2.11. The zero-order valence-corrected chi connectivity index (χ0v) is 13.2. The maximum atomic E-state index is 12.8. The van der Waals surface area contributed by atoms with Crippen LogP contribution in [0, 0.1) is 11.7 Å². The zero-order valence-electron chi connectivity index (χ0n) is 13.2. The van der Waals surface area contributed by atoms with Gasteiger partial charge in [-0.2, -0.15) is 0 Å². The lowest BCUT2D eigenvalue weighted by Gasteiger charge is -2.21. The number of ether oxygens (including phenoxy) is 1. The van der Waals surface area contributed by atoms with Crippen molar-refractivity contribution in [2.75, 3.05) is 6.61 Å². The third kappa shape index (κ3) is 6.46. The highest BCUT2D eigenvalue weighted by atomic mass is 19.1. The Kier molecular flexibility index (Phi) is 7.18.